The zero-order chi connectivity index (χ0) is 14.7. The Morgan fingerprint density at radius 3 is 2.60 bits per heavy atom. The SMILES string of the molecule is CNC(=O)C1=CCN(C(=O)c2ccc(F)cc2F)CC1. The van der Waals surface area contributed by atoms with Crippen molar-refractivity contribution in [1.82, 2.24) is 10.2 Å². The van der Waals surface area contributed by atoms with Gasteiger partial charge in [0.15, 0.2) is 0 Å². The number of carbonyl (C=O) groups excluding carboxylic acids is 2. The van der Waals surface area contributed by atoms with E-state index in [0.717, 1.165) is 12.1 Å². The van der Waals surface area contributed by atoms with Crippen molar-refractivity contribution < 1.29 is 18.4 Å². The molecule has 0 aliphatic carbocycles. The lowest BCUT2D eigenvalue weighted by Crippen LogP contribution is -2.37. The van der Waals surface area contributed by atoms with Gasteiger partial charge in [-0.05, 0) is 18.6 Å². The van der Waals surface area contributed by atoms with Crippen LogP contribution in [0.5, 0.6) is 0 Å². The second-order valence-electron chi connectivity index (χ2n) is 4.43. The van der Waals surface area contributed by atoms with Gasteiger partial charge in [0.2, 0.25) is 5.91 Å². The first kappa shape index (κ1) is 14.2. The summed E-state index contributed by atoms with van der Waals surface area (Å²) in [5.74, 6) is -2.28. The van der Waals surface area contributed by atoms with Gasteiger partial charge in [0, 0.05) is 31.8 Å². The lowest BCUT2D eigenvalue weighted by molar-refractivity contribution is -0.117. The Morgan fingerprint density at radius 2 is 2.05 bits per heavy atom. The van der Waals surface area contributed by atoms with Crippen LogP contribution in [-0.4, -0.2) is 36.9 Å². The van der Waals surface area contributed by atoms with Crippen LogP contribution in [0.2, 0.25) is 0 Å². The summed E-state index contributed by atoms with van der Waals surface area (Å²) in [5.41, 5.74) is 0.444. The first-order chi connectivity index (χ1) is 9.52. The average molecular weight is 280 g/mol. The van der Waals surface area contributed by atoms with Crippen molar-refractivity contribution >= 4 is 11.8 Å². The first-order valence-electron chi connectivity index (χ1n) is 6.18. The molecule has 0 spiro atoms. The lowest BCUT2D eigenvalue weighted by atomic mass is 10.1. The molecule has 1 aliphatic rings. The molecular formula is C14H14F2N2O2. The van der Waals surface area contributed by atoms with Gasteiger partial charge in [0.1, 0.15) is 11.6 Å². The Kier molecular flexibility index (Phi) is 4.12. The molecule has 0 fully saturated rings. The number of nitrogens with zero attached hydrogens (tertiary/aromatic N) is 1. The third kappa shape index (κ3) is 2.84. The molecule has 4 nitrogen and oxygen atoms in total. The summed E-state index contributed by atoms with van der Waals surface area (Å²) < 4.78 is 26.4. The molecule has 0 saturated heterocycles. The fourth-order valence-corrected chi connectivity index (χ4v) is 2.05. The van der Waals surface area contributed by atoms with Crippen molar-refractivity contribution in [2.24, 2.45) is 0 Å². The highest BCUT2D eigenvalue weighted by molar-refractivity contribution is 5.96. The normalized spacial score (nSPS) is 14.8. The molecule has 1 aromatic rings. The number of rotatable bonds is 2. The summed E-state index contributed by atoms with van der Waals surface area (Å²) in [7, 11) is 1.54. The van der Waals surface area contributed by atoms with E-state index < -0.39 is 17.5 Å². The molecule has 106 valence electrons. The second-order valence-corrected chi connectivity index (χ2v) is 4.43. The Morgan fingerprint density at radius 1 is 1.30 bits per heavy atom. The Labute approximate surface area is 115 Å². The van der Waals surface area contributed by atoms with Gasteiger partial charge < -0.3 is 10.2 Å². The monoisotopic (exact) mass is 280 g/mol. The van der Waals surface area contributed by atoms with Gasteiger partial charge >= 0.3 is 0 Å². The maximum Gasteiger partial charge on any atom is 0.257 e. The van der Waals surface area contributed by atoms with Crippen LogP contribution in [0.4, 0.5) is 8.78 Å². The van der Waals surface area contributed by atoms with Crippen molar-refractivity contribution in [3.05, 3.63) is 47.0 Å². The molecule has 0 radical (unpaired) electrons. The molecule has 2 amide bonds. The van der Waals surface area contributed by atoms with Crippen molar-refractivity contribution in [3.8, 4) is 0 Å². The molecule has 0 atom stereocenters. The smallest absolute Gasteiger partial charge is 0.257 e. The molecular weight excluding hydrogens is 266 g/mol. The summed E-state index contributed by atoms with van der Waals surface area (Å²) in [6.45, 7) is 0.563. The van der Waals surface area contributed by atoms with E-state index in [1.54, 1.807) is 6.08 Å². The highest BCUT2D eigenvalue weighted by Crippen LogP contribution is 2.16. The van der Waals surface area contributed by atoms with E-state index in [4.69, 9.17) is 0 Å². The Balaban J connectivity index is 2.12. The van der Waals surface area contributed by atoms with Gasteiger partial charge in [-0.3, -0.25) is 9.59 Å². The van der Waals surface area contributed by atoms with Crippen LogP contribution >= 0.6 is 0 Å². The third-order valence-electron chi connectivity index (χ3n) is 3.18. The molecule has 1 N–H and O–H groups in total. The average Bonchev–Trinajstić information content (AvgIpc) is 2.46. The minimum absolute atomic E-state index is 0.164. The van der Waals surface area contributed by atoms with Gasteiger partial charge in [0.25, 0.3) is 5.91 Å². The minimum Gasteiger partial charge on any atom is -0.355 e. The number of nitrogens with one attached hydrogen (secondary N) is 1. The van der Waals surface area contributed by atoms with Gasteiger partial charge in [-0.1, -0.05) is 6.08 Å². The van der Waals surface area contributed by atoms with Gasteiger partial charge in [-0.25, -0.2) is 8.78 Å². The van der Waals surface area contributed by atoms with E-state index in [-0.39, 0.29) is 18.0 Å². The number of halogens is 2. The standard InChI is InChI=1S/C14H14F2N2O2/c1-17-13(19)9-4-6-18(7-5-9)14(20)11-3-2-10(15)8-12(11)16/h2-4,8H,5-7H2,1H3,(H,17,19). The maximum atomic E-state index is 13.5. The summed E-state index contributed by atoms with van der Waals surface area (Å²) in [5, 5.41) is 2.51. The number of benzene rings is 1. The van der Waals surface area contributed by atoms with E-state index in [2.05, 4.69) is 5.32 Å². The van der Waals surface area contributed by atoms with Gasteiger partial charge in [0.05, 0.1) is 5.56 Å². The molecule has 0 unspecified atom stereocenters. The highest BCUT2D eigenvalue weighted by Gasteiger charge is 2.23. The molecule has 2 rings (SSSR count). The molecule has 6 heteroatoms. The number of hydrogen-bond acceptors (Lipinski definition) is 2. The lowest BCUT2D eigenvalue weighted by Gasteiger charge is -2.26. The van der Waals surface area contributed by atoms with Crippen LogP contribution in [0, 0.1) is 11.6 Å². The summed E-state index contributed by atoms with van der Waals surface area (Å²) in [4.78, 5) is 25.0. The van der Waals surface area contributed by atoms with Crippen molar-refractivity contribution in [2.75, 3.05) is 20.1 Å². The molecule has 0 bridgehead atoms. The highest BCUT2D eigenvalue weighted by atomic mass is 19.1. The molecule has 1 aliphatic heterocycles. The largest absolute Gasteiger partial charge is 0.355 e. The third-order valence-corrected chi connectivity index (χ3v) is 3.18. The number of carbonyl (C=O) groups is 2. The van der Waals surface area contributed by atoms with Gasteiger partial charge in [-0.15, -0.1) is 0 Å². The minimum atomic E-state index is -0.879. The van der Waals surface area contributed by atoms with Crippen LogP contribution in [0.25, 0.3) is 0 Å². The summed E-state index contributed by atoms with van der Waals surface area (Å²) in [6, 6.07) is 2.86. The predicted molar refractivity (Wildman–Crippen MR) is 69.0 cm³/mol. The zero-order valence-electron chi connectivity index (χ0n) is 11.0. The van der Waals surface area contributed by atoms with Crippen LogP contribution in [0.3, 0.4) is 0 Å². The van der Waals surface area contributed by atoms with E-state index in [1.165, 1.54) is 11.9 Å². The Hall–Kier alpha value is -2.24. The molecule has 0 saturated carbocycles. The van der Waals surface area contributed by atoms with Crippen molar-refractivity contribution in [1.29, 1.82) is 0 Å². The van der Waals surface area contributed by atoms with Crippen LogP contribution in [0.15, 0.2) is 29.8 Å². The fraction of sp³-hybridized carbons (Fsp3) is 0.286. The topological polar surface area (TPSA) is 49.4 Å². The second kappa shape index (κ2) is 5.81. The van der Waals surface area contributed by atoms with E-state index in [1.807, 2.05) is 0 Å². The van der Waals surface area contributed by atoms with Crippen LogP contribution in [0.1, 0.15) is 16.8 Å². The maximum absolute atomic E-state index is 13.5. The zero-order valence-corrected chi connectivity index (χ0v) is 11.0. The van der Waals surface area contributed by atoms with Crippen LogP contribution in [-0.2, 0) is 4.79 Å². The quantitative estimate of drug-likeness (QED) is 0.892. The van der Waals surface area contributed by atoms with E-state index in [9.17, 15) is 18.4 Å². The predicted octanol–water partition coefficient (Wildman–Crippen LogP) is 1.48. The van der Waals surface area contributed by atoms with E-state index >= 15 is 0 Å². The summed E-state index contributed by atoms with van der Waals surface area (Å²) in [6.07, 6.45) is 2.05. The van der Waals surface area contributed by atoms with E-state index in [0.29, 0.717) is 24.6 Å². The molecule has 1 heterocycles. The van der Waals surface area contributed by atoms with Gasteiger partial charge in [-0.2, -0.15) is 0 Å². The van der Waals surface area contributed by atoms with Crippen molar-refractivity contribution in [3.63, 3.8) is 0 Å². The van der Waals surface area contributed by atoms with Crippen molar-refractivity contribution in [2.45, 2.75) is 6.42 Å². The first-order valence-corrected chi connectivity index (χ1v) is 6.18. The number of hydrogen-bond donors (Lipinski definition) is 1. The number of likely N-dealkylation sites (N-methyl/N-ethyl adjacent to an activating group) is 1. The number of amides is 2. The summed E-state index contributed by atoms with van der Waals surface area (Å²) >= 11 is 0. The molecule has 20 heavy (non-hydrogen) atoms. The van der Waals surface area contributed by atoms with Crippen LogP contribution < -0.4 is 5.32 Å². The Bertz CT molecular complexity index is 585. The molecule has 1 aromatic carbocycles. The fourth-order valence-electron chi connectivity index (χ4n) is 2.05. The molecule has 0 aromatic heterocycles.